The Kier molecular flexibility index (Phi) is 56.0. The van der Waals surface area contributed by atoms with Crippen LogP contribution in [0.25, 0.3) is 0 Å². The summed E-state index contributed by atoms with van der Waals surface area (Å²) in [6, 6.07) is -0.771. The van der Waals surface area contributed by atoms with Crippen LogP contribution >= 0.6 is 0 Å². The smallest absolute Gasteiger partial charge is 0.222 e. The summed E-state index contributed by atoms with van der Waals surface area (Å²) in [5, 5.41) is 33.5. The summed E-state index contributed by atoms with van der Waals surface area (Å²) < 4.78 is 0. The van der Waals surface area contributed by atoms with Gasteiger partial charge in [0.15, 0.2) is 0 Å². The van der Waals surface area contributed by atoms with Crippen LogP contribution in [0.5, 0.6) is 0 Å². The third kappa shape index (κ3) is 53.4. The molecule has 3 atom stereocenters. The number of carbonyl (C=O) groups excluding carboxylic acids is 1. The molecule has 0 aliphatic carbocycles. The van der Waals surface area contributed by atoms with Gasteiger partial charge in [0, 0.05) is 0 Å². The number of amides is 1. The van der Waals surface area contributed by atoms with Crippen molar-refractivity contribution in [2.45, 2.75) is 327 Å². The average molecular weight is 953 g/mol. The van der Waals surface area contributed by atoms with E-state index in [1.165, 1.54) is 238 Å². The highest BCUT2D eigenvalue weighted by molar-refractivity contribution is 5.76. The first-order chi connectivity index (χ1) is 33.5. The largest absolute Gasteiger partial charge is 0.394 e. The zero-order chi connectivity index (χ0) is 49.3. The van der Waals surface area contributed by atoms with Crippen molar-refractivity contribution in [1.82, 2.24) is 5.32 Å². The number of aliphatic hydroxyl groups excluding tert-OH is 3. The van der Waals surface area contributed by atoms with Crippen molar-refractivity contribution in [3.63, 3.8) is 0 Å². The molecule has 0 fully saturated rings. The summed E-state index contributed by atoms with van der Waals surface area (Å²) in [5.74, 6) is -0.328. The number of hydrogen-bond acceptors (Lipinski definition) is 4. The van der Waals surface area contributed by atoms with Crippen LogP contribution in [0.15, 0.2) is 60.8 Å². The van der Waals surface area contributed by atoms with Crippen LogP contribution in [-0.2, 0) is 4.79 Å². The van der Waals surface area contributed by atoms with E-state index >= 15 is 0 Å². The minimum absolute atomic E-state index is 0.000788. The molecular weight excluding hydrogens is 835 g/mol. The highest BCUT2D eigenvalue weighted by atomic mass is 16.3. The normalized spacial score (nSPS) is 13.7. The van der Waals surface area contributed by atoms with Crippen molar-refractivity contribution in [1.29, 1.82) is 0 Å². The molecule has 0 aromatic carbocycles. The molecule has 3 unspecified atom stereocenters. The van der Waals surface area contributed by atoms with Crippen LogP contribution in [0, 0.1) is 0 Å². The molecular formula is C63H117NO4. The van der Waals surface area contributed by atoms with Crippen LogP contribution < -0.4 is 5.32 Å². The van der Waals surface area contributed by atoms with Crippen LogP contribution in [0.2, 0.25) is 0 Å². The zero-order valence-corrected chi connectivity index (χ0v) is 45.5. The molecule has 398 valence electrons. The Morgan fingerprint density at radius 3 is 1.03 bits per heavy atom. The first-order valence-corrected chi connectivity index (χ1v) is 30.1. The molecule has 1 amide bonds. The van der Waals surface area contributed by atoms with Gasteiger partial charge in [-0.1, -0.05) is 286 Å². The topological polar surface area (TPSA) is 89.8 Å². The Morgan fingerprint density at radius 1 is 0.382 bits per heavy atom. The molecule has 0 heterocycles. The number of hydrogen-bond donors (Lipinski definition) is 4. The lowest BCUT2D eigenvalue weighted by molar-refractivity contribution is -0.124. The number of carbonyl (C=O) groups is 1. The van der Waals surface area contributed by atoms with Gasteiger partial charge in [-0.05, 0) is 77.0 Å². The lowest BCUT2D eigenvalue weighted by Gasteiger charge is -2.21. The molecule has 0 rings (SSSR count). The number of allylic oxidation sites excluding steroid dienone is 9. The van der Waals surface area contributed by atoms with E-state index < -0.39 is 18.2 Å². The average Bonchev–Trinajstić information content (AvgIpc) is 3.33. The molecule has 0 aromatic rings. The molecule has 0 aromatic heterocycles. The minimum Gasteiger partial charge on any atom is -0.394 e. The first kappa shape index (κ1) is 66.0. The van der Waals surface area contributed by atoms with E-state index in [1.807, 2.05) is 6.08 Å². The fourth-order valence-electron chi connectivity index (χ4n) is 9.17. The lowest BCUT2D eigenvalue weighted by atomic mass is 10.0. The molecule has 5 heteroatoms. The fraction of sp³-hybridized carbons (Fsp3) is 0.825. The van der Waals surface area contributed by atoms with Gasteiger partial charge in [-0.3, -0.25) is 4.79 Å². The van der Waals surface area contributed by atoms with Gasteiger partial charge < -0.3 is 20.6 Å². The molecule has 0 aliphatic heterocycles. The molecule has 0 bridgehead atoms. The van der Waals surface area contributed by atoms with Crippen molar-refractivity contribution in [2.75, 3.05) is 6.61 Å². The van der Waals surface area contributed by atoms with E-state index in [1.54, 1.807) is 6.08 Å². The van der Waals surface area contributed by atoms with Crippen LogP contribution in [0.1, 0.15) is 309 Å². The molecule has 68 heavy (non-hydrogen) atoms. The van der Waals surface area contributed by atoms with Crippen LogP contribution in [0.4, 0.5) is 0 Å². The van der Waals surface area contributed by atoms with Gasteiger partial charge >= 0.3 is 0 Å². The van der Waals surface area contributed by atoms with Crippen molar-refractivity contribution in [3.8, 4) is 0 Å². The quantitative estimate of drug-likeness (QED) is 0.0361. The maximum Gasteiger partial charge on any atom is 0.222 e. The van der Waals surface area contributed by atoms with Gasteiger partial charge in [-0.25, -0.2) is 0 Å². The van der Waals surface area contributed by atoms with Gasteiger partial charge in [0.1, 0.15) is 0 Å². The van der Waals surface area contributed by atoms with E-state index in [4.69, 9.17) is 0 Å². The Labute approximate surface area is 424 Å². The monoisotopic (exact) mass is 952 g/mol. The van der Waals surface area contributed by atoms with Crippen molar-refractivity contribution in [3.05, 3.63) is 60.8 Å². The first-order valence-electron chi connectivity index (χ1n) is 30.1. The van der Waals surface area contributed by atoms with Gasteiger partial charge in [0.2, 0.25) is 5.91 Å². The number of nitrogens with one attached hydrogen (secondary N) is 1. The standard InChI is InChI=1S/C63H117NO4/c1-3-5-7-9-11-13-15-17-19-21-23-25-27-29-30-31-32-33-34-36-38-40-42-44-46-48-50-52-54-56-60(66)58-63(68)64-61(59-65)62(67)57-55-53-51-49-47-45-43-41-39-37-35-28-26-24-22-20-18-16-14-12-10-8-6-4-2/h23,25,29-30,39,41,47,49,55,57,60-62,65-67H,3-22,24,26-28,31-38,40,42-46,48,50-54,56,58-59H2,1-2H3,(H,64,68)/b25-23-,30-29-,41-39+,49-47+,57-55+. The fourth-order valence-corrected chi connectivity index (χ4v) is 9.17. The number of aliphatic hydroxyl groups is 3. The molecule has 5 nitrogen and oxygen atoms in total. The minimum atomic E-state index is -0.963. The second-order valence-electron chi connectivity index (χ2n) is 20.6. The summed E-state index contributed by atoms with van der Waals surface area (Å²) in [6.07, 6.45) is 78.5. The van der Waals surface area contributed by atoms with Gasteiger partial charge in [0.25, 0.3) is 0 Å². The van der Waals surface area contributed by atoms with Gasteiger partial charge in [-0.2, -0.15) is 0 Å². The highest BCUT2D eigenvalue weighted by Crippen LogP contribution is 2.17. The Bertz CT molecular complexity index is 1140. The second kappa shape index (κ2) is 57.6. The molecule has 0 aliphatic rings. The Morgan fingerprint density at radius 2 is 0.676 bits per heavy atom. The van der Waals surface area contributed by atoms with Crippen molar-refractivity contribution >= 4 is 5.91 Å². The van der Waals surface area contributed by atoms with E-state index in [9.17, 15) is 20.1 Å². The molecule has 0 radical (unpaired) electrons. The van der Waals surface area contributed by atoms with Crippen LogP contribution in [0.3, 0.4) is 0 Å². The molecule has 4 N–H and O–H groups in total. The second-order valence-corrected chi connectivity index (χ2v) is 20.6. The lowest BCUT2D eigenvalue weighted by Crippen LogP contribution is -2.45. The molecule has 0 saturated carbocycles. The van der Waals surface area contributed by atoms with Crippen molar-refractivity contribution < 1.29 is 20.1 Å². The number of unbranched alkanes of at least 4 members (excludes halogenated alkanes) is 38. The predicted octanol–water partition coefficient (Wildman–Crippen LogP) is 19.0. The summed E-state index contributed by atoms with van der Waals surface area (Å²) in [4.78, 5) is 12.5. The number of rotatable bonds is 55. The summed E-state index contributed by atoms with van der Waals surface area (Å²) >= 11 is 0. The van der Waals surface area contributed by atoms with Crippen molar-refractivity contribution in [2.24, 2.45) is 0 Å². The Hall–Kier alpha value is -1.95. The summed E-state index contributed by atoms with van der Waals surface area (Å²) in [5.41, 5.74) is 0. The summed E-state index contributed by atoms with van der Waals surface area (Å²) in [7, 11) is 0. The highest BCUT2D eigenvalue weighted by Gasteiger charge is 2.20. The van der Waals surface area contributed by atoms with E-state index in [0.29, 0.717) is 6.42 Å². The molecule has 0 saturated heterocycles. The maximum absolute atomic E-state index is 12.5. The van der Waals surface area contributed by atoms with E-state index in [2.05, 4.69) is 67.8 Å². The third-order valence-corrected chi connectivity index (χ3v) is 13.8. The van der Waals surface area contributed by atoms with E-state index in [-0.39, 0.29) is 18.9 Å². The SMILES string of the molecule is CCCCCCCCCCC/C=C\C/C=C\CCCCCCCCCCCCCCCC(O)CC(=O)NC(CO)C(O)/C=C/CC/C=C/CC/C=C/CCCCCCCCCCCCCCCC. The molecule has 0 spiro atoms. The maximum atomic E-state index is 12.5. The zero-order valence-electron chi connectivity index (χ0n) is 45.5. The van der Waals surface area contributed by atoms with Gasteiger partial charge in [-0.15, -0.1) is 0 Å². The van der Waals surface area contributed by atoms with Crippen LogP contribution in [-0.4, -0.2) is 46.1 Å². The summed E-state index contributed by atoms with van der Waals surface area (Å²) in [6.45, 7) is 4.23. The predicted molar refractivity (Wildman–Crippen MR) is 300 cm³/mol. The van der Waals surface area contributed by atoms with E-state index in [0.717, 1.165) is 44.9 Å². The Balaban J connectivity index is 3.62. The third-order valence-electron chi connectivity index (χ3n) is 13.8. The van der Waals surface area contributed by atoms with Gasteiger partial charge in [0.05, 0.1) is 31.3 Å².